The Kier molecular flexibility index (Phi) is 5.88. The summed E-state index contributed by atoms with van der Waals surface area (Å²) in [6.45, 7) is 0. The molecule has 1 amide bonds. The van der Waals surface area contributed by atoms with Crippen LogP contribution in [-0.4, -0.2) is 33.4 Å². The molecule has 5 aromatic rings. The lowest BCUT2D eigenvalue weighted by atomic mass is 10.1. The van der Waals surface area contributed by atoms with Crippen LogP contribution in [0.1, 0.15) is 20.8 Å². The van der Waals surface area contributed by atoms with Gasteiger partial charge in [0.1, 0.15) is 5.75 Å². The lowest BCUT2D eigenvalue weighted by Gasteiger charge is -2.09. The summed E-state index contributed by atoms with van der Waals surface area (Å²) in [7, 11) is 1.60. The highest BCUT2D eigenvalue weighted by Crippen LogP contribution is 2.25. The number of carbonyl (C=O) groups excluding carboxylic acids is 2. The van der Waals surface area contributed by atoms with Gasteiger partial charge in [0, 0.05) is 17.4 Å². The van der Waals surface area contributed by atoms with Gasteiger partial charge in [0.2, 0.25) is 11.7 Å². The van der Waals surface area contributed by atoms with Crippen molar-refractivity contribution in [2.45, 2.75) is 6.42 Å². The van der Waals surface area contributed by atoms with Crippen LogP contribution in [-0.2, 0) is 11.2 Å². The Labute approximate surface area is 199 Å². The quantitative estimate of drug-likeness (QED) is 0.344. The Morgan fingerprint density at radius 2 is 1.94 bits per heavy atom. The number of anilines is 1. The van der Waals surface area contributed by atoms with Crippen molar-refractivity contribution >= 4 is 34.4 Å². The zero-order chi connectivity index (χ0) is 23.5. The highest BCUT2D eigenvalue weighted by molar-refractivity contribution is 7.12. The third-order valence-electron chi connectivity index (χ3n) is 5.33. The van der Waals surface area contributed by atoms with Crippen molar-refractivity contribution in [2.24, 2.45) is 0 Å². The number of nitrogens with zero attached hydrogens (tertiary/aromatic N) is 3. The molecule has 3 aromatic heterocycles. The first-order valence-electron chi connectivity index (χ1n) is 10.6. The monoisotopic (exact) mass is 468 g/mol. The van der Waals surface area contributed by atoms with Crippen LogP contribution < -0.4 is 10.1 Å². The molecular formula is C26H20N4O3S. The maximum absolute atomic E-state index is 12.9. The van der Waals surface area contributed by atoms with Crippen LogP contribution in [0.5, 0.6) is 5.75 Å². The fourth-order valence-corrected chi connectivity index (χ4v) is 4.42. The van der Waals surface area contributed by atoms with Crippen LogP contribution in [0.25, 0.3) is 16.9 Å². The molecule has 0 atom stereocenters. The first-order chi connectivity index (χ1) is 16.6. The maximum Gasteiger partial charge on any atom is 0.228 e. The normalized spacial score (nSPS) is 10.9. The Bertz CT molecular complexity index is 1490. The van der Waals surface area contributed by atoms with Gasteiger partial charge < -0.3 is 10.1 Å². The minimum atomic E-state index is -0.131. The molecule has 0 saturated carbocycles. The van der Waals surface area contributed by atoms with Crippen LogP contribution in [0.4, 0.5) is 5.69 Å². The summed E-state index contributed by atoms with van der Waals surface area (Å²) < 4.78 is 6.88. The minimum Gasteiger partial charge on any atom is -0.497 e. The molecule has 0 unspecified atom stereocenters. The number of thiophene rings is 1. The third kappa shape index (κ3) is 4.31. The van der Waals surface area contributed by atoms with E-state index in [4.69, 9.17) is 4.74 Å². The zero-order valence-corrected chi connectivity index (χ0v) is 19.1. The van der Waals surface area contributed by atoms with Crippen molar-refractivity contribution in [1.29, 1.82) is 0 Å². The molecule has 5 rings (SSSR count). The summed E-state index contributed by atoms with van der Waals surface area (Å²) >= 11 is 1.39. The van der Waals surface area contributed by atoms with Crippen LogP contribution in [0.15, 0.2) is 84.5 Å². The van der Waals surface area contributed by atoms with E-state index in [9.17, 15) is 9.59 Å². The standard InChI is InChI=1S/C26H20N4O3S/c1-33-20-8-2-5-17(13-20)14-24(31)29-19-7-3-6-18(15-19)22-10-11-27-26-21(16-28-30(22)26)25(32)23-9-4-12-34-23/h2-13,15-16H,14H2,1H3,(H,29,31). The van der Waals surface area contributed by atoms with Gasteiger partial charge in [-0.3, -0.25) is 9.59 Å². The lowest BCUT2D eigenvalue weighted by Crippen LogP contribution is -2.14. The van der Waals surface area contributed by atoms with Crippen LogP contribution >= 0.6 is 11.3 Å². The van der Waals surface area contributed by atoms with E-state index in [0.717, 1.165) is 16.8 Å². The maximum atomic E-state index is 12.9. The molecule has 2 aromatic carbocycles. The van der Waals surface area contributed by atoms with Crippen molar-refractivity contribution in [3.05, 3.63) is 101 Å². The summed E-state index contributed by atoms with van der Waals surface area (Å²) in [5, 5.41) is 9.24. The van der Waals surface area contributed by atoms with E-state index in [1.165, 1.54) is 11.3 Å². The Morgan fingerprint density at radius 1 is 1.06 bits per heavy atom. The summed E-state index contributed by atoms with van der Waals surface area (Å²) in [4.78, 5) is 30.5. The molecule has 0 spiro atoms. The summed E-state index contributed by atoms with van der Waals surface area (Å²) in [6, 6.07) is 20.4. The molecule has 8 heteroatoms. The number of rotatable bonds is 7. The van der Waals surface area contributed by atoms with Crippen molar-refractivity contribution in [3.63, 3.8) is 0 Å². The number of amides is 1. The molecule has 3 heterocycles. The molecule has 0 aliphatic carbocycles. The topological polar surface area (TPSA) is 85.6 Å². The number of fused-ring (bicyclic) bond motifs is 1. The number of methoxy groups -OCH3 is 1. The number of carbonyl (C=O) groups is 2. The van der Waals surface area contributed by atoms with Gasteiger partial charge in [-0.15, -0.1) is 11.3 Å². The highest BCUT2D eigenvalue weighted by atomic mass is 32.1. The van der Waals surface area contributed by atoms with E-state index < -0.39 is 0 Å². The highest BCUT2D eigenvalue weighted by Gasteiger charge is 2.18. The van der Waals surface area contributed by atoms with Gasteiger partial charge in [-0.1, -0.05) is 30.3 Å². The fourth-order valence-electron chi connectivity index (χ4n) is 3.74. The number of hydrogen-bond acceptors (Lipinski definition) is 6. The predicted molar refractivity (Wildman–Crippen MR) is 132 cm³/mol. The van der Waals surface area contributed by atoms with E-state index >= 15 is 0 Å². The molecule has 0 bridgehead atoms. The van der Waals surface area contributed by atoms with Crippen molar-refractivity contribution < 1.29 is 14.3 Å². The molecule has 0 aliphatic rings. The molecular weight excluding hydrogens is 448 g/mol. The molecule has 168 valence electrons. The first-order valence-corrected chi connectivity index (χ1v) is 11.4. The van der Waals surface area contributed by atoms with E-state index in [2.05, 4.69) is 15.4 Å². The number of nitrogens with one attached hydrogen (secondary N) is 1. The number of aromatic nitrogens is 3. The molecule has 1 N–H and O–H groups in total. The molecule has 0 fully saturated rings. The van der Waals surface area contributed by atoms with Gasteiger partial charge in [0.05, 0.1) is 35.9 Å². The summed E-state index contributed by atoms with van der Waals surface area (Å²) in [6.07, 6.45) is 3.44. The molecule has 0 saturated heterocycles. The Morgan fingerprint density at radius 3 is 2.76 bits per heavy atom. The number of ketones is 1. The van der Waals surface area contributed by atoms with Gasteiger partial charge in [-0.2, -0.15) is 5.10 Å². The zero-order valence-electron chi connectivity index (χ0n) is 18.3. The summed E-state index contributed by atoms with van der Waals surface area (Å²) in [5.41, 5.74) is 4.07. The average Bonchev–Trinajstić information content (AvgIpc) is 3.54. The number of benzene rings is 2. The second kappa shape index (κ2) is 9.29. The van der Waals surface area contributed by atoms with Crippen LogP contribution in [0, 0.1) is 0 Å². The van der Waals surface area contributed by atoms with Crippen LogP contribution in [0.3, 0.4) is 0 Å². The first kappa shape index (κ1) is 21.5. The van der Waals surface area contributed by atoms with E-state index in [1.807, 2.05) is 66.0 Å². The van der Waals surface area contributed by atoms with Crippen molar-refractivity contribution in [2.75, 3.05) is 12.4 Å². The Hall–Kier alpha value is -4.30. The molecule has 0 radical (unpaired) electrons. The third-order valence-corrected chi connectivity index (χ3v) is 6.20. The fraction of sp³-hybridized carbons (Fsp3) is 0.0769. The SMILES string of the molecule is COc1cccc(CC(=O)Nc2cccc(-c3ccnc4c(C(=O)c5cccs5)cnn34)c2)c1. The molecule has 34 heavy (non-hydrogen) atoms. The summed E-state index contributed by atoms with van der Waals surface area (Å²) in [5.74, 6) is 0.478. The Balaban J connectivity index is 1.40. The smallest absolute Gasteiger partial charge is 0.228 e. The van der Waals surface area contributed by atoms with Gasteiger partial charge in [0.25, 0.3) is 0 Å². The van der Waals surface area contributed by atoms with Gasteiger partial charge in [0.15, 0.2) is 5.65 Å². The van der Waals surface area contributed by atoms with E-state index in [1.54, 1.807) is 30.1 Å². The molecule has 0 aliphatic heterocycles. The largest absolute Gasteiger partial charge is 0.497 e. The average molecular weight is 469 g/mol. The predicted octanol–water partition coefficient (Wildman–Crippen LogP) is 4.88. The van der Waals surface area contributed by atoms with Crippen molar-refractivity contribution in [1.82, 2.24) is 14.6 Å². The number of hydrogen-bond donors (Lipinski definition) is 1. The van der Waals surface area contributed by atoms with E-state index in [0.29, 0.717) is 27.5 Å². The number of ether oxygens (including phenoxy) is 1. The van der Waals surface area contributed by atoms with Gasteiger partial charge in [-0.25, -0.2) is 9.50 Å². The second-order valence-corrected chi connectivity index (χ2v) is 8.54. The minimum absolute atomic E-state index is 0.104. The van der Waals surface area contributed by atoms with Gasteiger partial charge in [-0.05, 0) is 47.3 Å². The van der Waals surface area contributed by atoms with Crippen molar-refractivity contribution in [3.8, 4) is 17.0 Å². The van der Waals surface area contributed by atoms with Gasteiger partial charge >= 0.3 is 0 Å². The van der Waals surface area contributed by atoms with E-state index in [-0.39, 0.29) is 18.1 Å². The van der Waals surface area contributed by atoms with Crippen LogP contribution in [0.2, 0.25) is 0 Å². The lowest BCUT2D eigenvalue weighted by molar-refractivity contribution is -0.115. The second-order valence-electron chi connectivity index (χ2n) is 7.59. The molecule has 7 nitrogen and oxygen atoms in total.